The lowest BCUT2D eigenvalue weighted by Gasteiger charge is -2.15. The first-order chi connectivity index (χ1) is 10.1. The van der Waals surface area contributed by atoms with E-state index in [0.717, 1.165) is 23.0 Å². The van der Waals surface area contributed by atoms with E-state index in [1.54, 1.807) is 0 Å². The third-order valence-electron chi connectivity index (χ3n) is 3.21. The zero-order chi connectivity index (χ0) is 15.1. The van der Waals surface area contributed by atoms with Crippen LogP contribution in [0, 0.1) is 0 Å². The summed E-state index contributed by atoms with van der Waals surface area (Å²) in [5.41, 5.74) is 2.06. The van der Waals surface area contributed by atoms with E-state index in [1.165, 1.54) is 5.56 Å². The molecule has 0 saturated heterocycles. The van der Waals surface area contributed by atoms with Crippen LogP contribution in [-0.2, 0) is 6.42 Å². The Morgan fingerprint density at radius 1 is 1.10 bits per heavy atom. The van der Waals surface area contributed by atoms with Crippen LogP contribution in [0.3, 0.4) is 0 Å². The molecule has 0 unspecified atom stereocenters. The Balaban J connectivity index is 1.78. The fourth-order valence-corrected chi connectivity index (χ4v) is 2.43. The summed E-state index contributed by atoms with van der Waals surface area (Å²) in [5, 5.41) is 5.80. The molecule has 21 heavy (non-hydrogen) atoms. The maximum atomic E-state index is 11.9. The van der Waals surface area contributed by atoms with Crippen molar-refractivity contribution in [3.63, 3.8) is 0 Å². The van der Waals surface area contributed by atoms with Crippen LogP contribution in [0.25, 0.3) is 0 Å². The molecule has 0 saturated carbocycles. The molecule has 0 fully saturated rings. The van der Waals surface area contributed by atoms with Crippen LogP contribution >= 0.6 is 15.9 Å². The number of hydrogen-bond acceptors (Lipinski definition) is 1. The summed E-state index contributed by atoms with van der Waals surface area (Å²) in [6.45, 7) is 2.02. The Kier molecular flexibility index (Phi) is 5.81. The van der Waals surface area contributed by atoms with E-state index in [1.807, 2.05) is 49.4 Å². The summed E-state index contributed by atoms with van der Waals surface area (Å²) in [6.07, 6.45) is 1.87. The van der Waals surface area contributed by atoms with E-state index >= 15 is 0 Å². The number of carbonyl (C=O) groups is 1. The zero-order valence-electron chi connectivity index (χ0n) is 12.0. The highest BCUT2D eigenvalue weighted by Gasteiger charge is 2.08. The van der Waals surface area contributed by atoms with Crippen molar-refractivity contribution < 1.29 is 4.79 Å². The number of para-hydroxylation sites is 1. The van der Waals surface area contributed by atoms with Gasteiger partial charge in [0.2, 0.25) is 0 Å². The fraction of sp³-hybridized carbons (Fsp3) is 0.235. The lowest BCUT2D eigenvalue weighted by Crippen LogP contribution is -2.36. The molecule has 2 N–H and O–H groups in total. The Labute approximate surface area is 133 Å². The molecule has 0 spiro atoms. The van der Waals surface area contributed by atoms with Gasteiger partial charge in [0, 0.05) is 10.5 Å². The third-order valence-corrected chi connectivity index (χ3v) is 3.90. The first kappa shape index (κ1) is 15.6. The number of halogens is 1. The molecule has 0 radical (unpaired) electrons. The summed E-state index contributed by atoms with van der Waals surface area (Å²) in [4.78, 5) is 11.9. The smallest absolute Gasteiger partial charge is 0.319 e. The Hall–Kier alpha value is -1.81. The van der Waals surface area contributed by atoms with Crippen LogP contribution in [0.15, 0.2) is 59.1 Å². The summed E-state index contributed by atoms with van der Waals surface area (Å²) >= 11 is 3.41. The SMILES string of the molecule is C[C@@H](CCc1ccccc1)NC(=O)Nc1ccccc1Br. The van der Waals surface area contributed by atoms with E-state index < -0.39 is 0 Å². The zero-order valence-corrected chi connectivity index (χ0v) is 13.6. The molecule has 0 aliphatic carbocycles. The summed E-state index contributed by atoms with van der Waals surface area (Å²) in [5.74, 6) is 0. The van der Waals surface area contributed by atoms with Gasteiger partial charge in [-0.05, 0) is 53.4 Å². The molecule has 4 heteroatoms. The van der Waals surface area contributed by atoms with Gasteiger partial charge in [0.05, 0.1) is 5.69 Å². The first-order valence-electron chi connectivity index (χ1n) is 7.01. The number of nitrogens with one attached hydrogen (secondary N) is 2. The van der Waals surface area contributed by atoms with Crippen LogP contribution in [-0.4, -0.2) is 12.1 Å². The highest BCUT2D eigenvalue weighted by Crippen LogP contribution is 2.20. The van der Waals surface area contributed by atoms with Crippen molar-refractivity contribution in [3.8, 4) is 0 Å². The number of hydrogen-bond donors (Lipinski definition) is 2. The predicted molar refractivity (Wildman–Crippen MR) is 90.5 cm³/mol. The molecule has 1 atom stereocenters. The van der Waals surface area contributed by atoms with E-state index in [0.29, 0.717) is 0 Å². The highest BCUT2D eigenvalue weighted by molar-refractivity contribution is 9.10. The minimum Gasteiger partial charge on any atom is -0.335 e. The van der Waals surface area contributed by atoms with Gasteiger partial charge in [-0.15, -0.1) is 0 Å². The predicted octanol–water partition coefficient (Wildman–Crippen LogP) is 4.59. The van der Waals surface area contributed by atoms with Crippen molar-refractivity contribution in [3.05, 3.63) is 64.6 Å². The Bertz CT molecular complexity index is 586. The number of urea groups is 1. The van der Waals surface area contributed by atoms with Crippen LogP contribution in [0.5, 0.6) is 0 Å². The van der Waals surface area contributed by atoms with Gasteiger partial charge in [-0.2, -0.15) is 0 Å². The molecule has 0 aliphatic heterocycles. The topological polar surface area (TPSA) is 41.1 Å². The number of carbonyl (C=O) groups excluding carboxylic acids is 1. The molecule has 0 aliphatic rings. The van der Waals surface area contributed by atoms with Crippen LogP contribution in [0.4, 0.5) is 10.5 Å². The van der Waals surface area contributed by atoms with E-state index in [-0.39, 0.29) is 12.1 Å². The van der Waals surface area contributed by atoms with Gasteiger partial charge < -0.3 is 10.6 Å². The van der Waals surface area contributed by atoms with Gasteiger partial charge in [0.1, 0.15) is 0 Å². The number of amides is 2. The van der Waals surface area contributed by atoms with Crippen molar-refractivity contribution in [2.24, 2.45) is 0 Å². The number of rotatable bonds is 5. The molecule has 2 aromatic rings. The average Bonchev–Trinajstić information content (AvgIpc) is 2.48. The molecular weight excluding hydrogens is 328 g/mol. The Morgan fingerprint density at radius 3 is 2.48 bits per heavy atom. The number of benzene rings is 2. The minimum absolute atomic E-state index is 0.118. The van der Waals surface area contributed by atoms with Crippen LogP contribution in [0.2, 0.25) is 0 Å². The van der Waals surface area contributed by atoms with E-state index in [9.17, 15) is 4.79 Å². The fourth-order valence-electron chi connectivity index (χ4n) is 2.04. The molecule has 2 aromatic carbocycles. The number of aryl methyl sites for hydroxylation is 1. The second kappa shape index (κ2) is 7.84. The van der Waals surface area contributed by atoms with Crippen molar-refractivity contribution >= 4 is 27.6 Å². The van der Waals surface area contributed by atoms with Crippen LogP contribution < -0.4 is 10.6 Å². The van der Waals surface area contributed by atoms with Crippen molar-refractivity contribution in [2.45, 2.75) is 25.8 Å². The normalized spacial score (nSPS) is 11.7. The standard InChI is InChI=1S/C17H19BrN2O/c1-13(11-12-14-7-3-2-4-8-14)19-17(21)20-16-10-6-5-9-15(16)18/h2-10,13H,11-12H2,1H3,(H2,19,20,21)/t13-/m0/s1. The maximum absolute atomic E-state index is 11.9. The average molecular weight is 347 g/mol. The number of anilines is 1. The summed E-state index contributed by atoms with van der Waals surface area (Å²) in [6, 6.07) is 17.8. The lowest BCUT2D eigenvalue weighted by molar-refractivity contribution is 0.248. The Morgan fingerprint density at radius 2 is 1.76 bits per heavy atom. The van der Waals surface area contributed by atoms with E-state index in [2.05, 4.69) is 38.7 Å². The molecule has 2 rings (SSSR count). The molecule has 0 aromatic heterocycles. The summed E-state index contributed by atoms with van der Waals surface area (Å²) < 4.78 is 0.872. The molecule has 2 amide bonds. The third kappa shape index (κ3) is 5.23. The van der Waals surface area contributed by atoms with Gasteiger partial charge in [-0.25, -0.2) is 4.79 Å². The van der Waals surface area contributed by atoms with Crippen molar-refractivity contribution in [1.82, 2.24) is 5.32 Å². The highest BCUT2D eigenvalue weighted by atomic mass is 79.9. The first-order valence-corrected chi connectivity index (χ1v) is 7.80. The second-order valence-corrected chi connectivity index (χ2v) is 5.86. The summed E-state index contributed by atoms with van der Waals surface area (Å²) in [7, 11) is 0. The van der Waals surface area contributed by atoms with E-state index in [4.69, 9.17) is 0 Å². The largest absolute Gasteiger partial charge is 0.335 e. The molecule has 110 valence electrons. The van der Waals surface area contributed by atoms with Crippen molar-refractivity contribution in [1.29, 1.82) is 0 Å². The van der Waals surface area contributed by atoms with Gasteiger partial charge >= 0.3 is 6.03 Å². The molecule has 0 heterocycles. The van der Waals surface area contributed by atoms with Crippen LogP contribution in [0.1, 0.15) is 18.9 Å². The second-order valence-electron chi connectivity index (χ2n) is 5.00. The van der Waals surface area contributed by atoms with Gasteiger partial charge in [-0.1, -0.05) is 42.5 Å². The van der Waals surface area contributed by atoms with Gasteiger partial charge in [0.25, 0.3) is 0 Å². The maximum Gasteiger partial charge on any atom is 0.319 e. The van der Waals surface area contributed by atoms with Crippen molar-refractivity contribution in [2.75, 3.05) is 5.32 Å². The monoisotopic (exact) mass is 346 g/mol. The van der Waals surface area contributed by atoms with Gasteiger partial charge in [-0.3, -0.25) is 0 Å². The lowest BCUT2D eigenvalue weighted by atomic mass is 10.1. The quantitative estimate of drug-likeness (QED) is 0.816. The molecule has 3 nitrogen and oxygen atoms in total. The molecular formula is C17H19BrN2O. The molecule has 0 bridgehead atoms. The minimum atomic E-state index is -0.178. The van der Waals surface area contributed by atoms with Gasteiger partial charge in [0.15, 0.2) is 0 Å².